The minimum absolute atomic E-state index is 0.158. The zero-order valence-corrected chi connectivity index (χ0v) is 22.7. The number of methoxy groups -OCH3 is 1. The number of hydrogen-bond acceptors (Lipinski definition) is 7. The number of nitrogens with zero attached hydrogens (tertiary/aromatic N) is 5. The molecule has 2 atom stereocenters. The summed E-state index contributed by atoms with van der Waals surface area (Å²) in [5.41, 5.74) is 2.12. The van der Waals surface area contributed by atoms with Gasteiger partial charge >= 0.3 is 0 Å². The highest BCUT2D eigenvalue weighted by atomic mass is 16.5. The molecule has 0 saturated carbocycles. The first-order valence-electron chi connectivity index (χ1n) is 12.8. The largest absolute Gasteiger partial charge is 0.497 e. The summed E-state index contributed by atoms with van der Waals surface area (Å²) >= 11 is 0. The molecule has 0 spiro atoms. The average molecular weight is 521 g/mol. The molecule has 2 aromatic carbocycles. The quantitative estimate of drug-likeness (QED) is 0.461. The van der Waals surface area contributed by atoms with Crippen LogP contribution in [0.4, 0.5) is 0 Å². The molecule has 1 aliphatic heterocycles. The molecule has 0 radical (unpaired) electrons. The van der Waals surface area contributed by atoms with Crippen molar-refractivity contribution in [2.24, 2.45) is 0 Å². The molecule has 1 fully saturated rings. The van der Waals surface area contributed by atoms with E-state index in [0.29, 0.717) is 23.7 Å². The molecule has 10 heteroatoms. The van der Waals surface area contributed by atoms with Crippen LogP contribution in [0.25, 0.3) is 11.4 Å². The fourth-order valence-electron chi connectivity index (χ4n) is 4.40. The van der Waals surface area contributed by atoms with E-state index in [4.69, 9.17) is 9.47 Å². The average Bonchev–Trinajstić information content (AvgIpc) is 3.56. The van der Waals surface area contributed by atoms with Crippen molar-refractivity contribution in [2.75, 3.05) is 20.3 Å². The Morgan fingerprint density at radius 3 is 2.47 bits per heavy atom. The smallest absolute Gasteiger partial charge is 0.247 e. The predicted octanol–water partition coefficient (Wildman–Crippen LogP) is 3.32. The van der Waals surface area contributed by atoms with E-state index in [-0.39, 0.29) is 31.0 Å². The number of carbonyl (C=O) groups excluding carboxylic acids is 2. The van der Waals surface area contributed by atoms with E-state index in [2.05, 4.69) is 20.7 Å². The zero-order chi connectivity index (χ0) is 27.3. The fourth-order valence-corrected chi connectivity index (χ4v) is 4.40. The lowest BCUT2D eigenvalue weighted by atomic mass is 10.0. The van der Waals surface area contributed by atoms with Gasteiger partial charge in [0.2, 0.25) is 17.6 Å². The van der Waals surface area contributed by atoms with Gasteiger partial charge in [-0.25, -0.2) is 0 Å². The number of tetrazole rings is 1. The minimum Gasteiger partial charge on any atom is -0.497 e. The van der Waals surface area contributed by atoms with Crippen molar-refractivity contribution in [3.8, 4) is 17.1 Å². The van der Waals surface area contributed by atoms with Crippen LogP contribution in [0.1, 0.15) is 50.8 Å². The second kappa shape index (κ2) is 11.7. The molecular weight excluding hydrogens is 484 g/mol. The SMILES string of the molecule is COc1ccc([C@@H](C(=O)NC(C)(C)C)N(C[C@H]2CCCO2)C(=O)Cn2nnc(-c3ccc(C)cc3)n2)cc1. The normalized spacial score (nSPS) is 16.2. The molecule has 1 aromatic heterocycles. The topological polar surface area (TPSA) is 111 Å². The molecule has 3 aromatic rings. The summed E-state index contributed by atoms with van der Waals surface area (Å²) in [4.78, 5) is 30.4. The Balaban J connectivity index is 1.64. The van der Waals surface area contributed by atoms with Crippen molar-refractivity contribution >= 4 is 11.8 Å². The van der Waals surface area contributed by atoms with E-state index >= 15 is 0 Å². The van der Waals surface area contributed by atoms with Crippen molar-refractivity contribution in [1.29, 1.82) is 0 Å². The van der Waals surface area contributed by atoms with Gasteiger partial charge in [0, 0.05) is 24.3 Å². The number of aromatic nitrogens is 4. The molecule has 1 N–H and O–H groups in total. The number of hydrogen-bond donors (Lipinski definition) is 1. The lowest BCUT2D eigenvalue weighted by Gasteiger charge is -2.35. The Kier molecular flexibility index (Phi) is 8.41. The van der Waals surface area contributed by atoms with Crippen LogP contribution in [0.2, 0.25) is 0 Å². The van der Waals surface area contributed by atoms with E-state index in [1.165, 1.54) is 4.80 Å². The van der Waals surface area contributed by atoms with Crippen LogP contribution in [-0.2, 0) is 20.9 Å². The molecule has 2 amide bonds. The van der Waals surface area contributed by atoms with Gasteiger partial charge < -0.3 is 19.7 Å². The van der Waals surface area contributed by atoms with Crippen LogP contribution in [-0.4, -0.2) is 68.8 Å². The van der Waals surface area contributed by atoms with E-state index < -0.39 is 11.6 Å². The second-order valence-corrected chi connectivity index (χ2v) is 10.6. The second-order valence-electron chi connectivity index (χ2n) is 10.6. The lowest BCUT2D eigenvalue weighted by molar-refractivity contribution is -0.144. The van der Waals surface area contributed by atoms with Crippen LogP contribution in [0.15, 0.2) is 48.5 Å². The Labute approximate surface area is 223 Å². The number of aryl methyl sites for hydroxylation is 1. The number of benzene rings is 2. The molecule has 10 nitrogen and oxygen atoms in total. The van der Waals surface area contributed by atoms with Crippen molar-refractivity contribution in [2.45, 2.75) is 64.8 Å². The summed E-state index contributed by atoms with van der Waals surface area (Å²) in [7, 11) is 1.59. The molecule has 0 unspecified atom stereocenters. The number of rotatable bonds is 9. The molecule has 4 rings (SSSR count). The van der Waals surface area contributed by atoms with E-state index in [1.54, 1.807) is 24.1 Å². The molecule has 0 bridgehead atoms. The molecule has 202 valence electrons. The van der Waals surface area contributed by atoms with Gasteiger partial charge in [0.15, 0.2) is 0 Å². The minimum atomic E-state index is -0.878. The van der Waals surface area contributed by atoms with Gasteiger partial charge in [0.25, 0.3) is 0 Å². The van der Waals surface area contributed by atoms with E-state index in [0.717, 1.165) is 24.0 Å². The van der Waals surface area contributed by atoms with Gasteiger partial charge in [-0.1, -0.05) is 42.0 Å². The van der Waals surface area contributed by atoms with Crippen LogP contribution in [0.5, 0.6) is 5.75 Å². The first kappa shape index (κ1) is 27.3. The maximum Gasteiger partial charge on any atom is 0.247 e. The number of nitrogens with one attached hydrogen (secondary N) is 1. The summed E-state index contributed by atoms with van der Waals surface area (Å²) in [6.45, 7) is 8.48. The molecule has 38 heavy (non-hydrogen) atoms. The lowest BCUT2D eigenvalue weighted by Crippen LogP contribution is -2.51. The van der Waals surface area contributed by atoms with Crippen molar-refractivity contribution < 1.29 is 19.1 Å². The highest BCUT2D eigenvalue weighted by molar-refractivity contribution is 5.89. The monoisotopic (exact) mass is 520 g/mol. The van der Waals surface area contributed by atoms with Crippen LogP contribution >= 0.6 is 0 Å². The Morgan fingerprint density at radius 1 is 1.16 bits per heavy atom. The van der Waals surface area contributed by atoms with Gasteiger partial charge in [0.05, 0.1) is 13.2 Å². The predicted molar refractivity (Wildman–Crippen MR) is 142 cm³/mol. The first-order chi connectivity index (χ1) is 18.1. The number of carbonyl (C=O) groups is 2. The highest BCUT2D eigenvalue weighted by Gasteiger charge is 2.36. The van der Waals surface area contributed by atoms with Crippen LogP contribution in [0.3, 0.4) is 0 Å². The maximum absolute atomic E-state index is 13.8. The highest BCUT2D eigenvalue weighted by Crippen LogP contribution is 2.27. The molecule has 0 aliphatic carbocycles. The fraction of sp³-hybridized carbons (Fsp3) is 0.464. The molecule has 1 aliphatic rings. The van der Waals surface area contributed by atoms with Gasteiger partial charge in [-0.3, -0.25) is 9.59 Å². The Morgan fingerprint density at radius 2 is 1.87 bits per heavy atom. The third-order valence-electron chi connectivity index (χ3n) is 6.27. The third-order valence-corrected chi connectivity index (χ3v) is 6.27. The Hall–Kier alpha value is -3.79. The van der Waals surface area contributed by atoms with Gasteiger partial charge in [0.1, 0.15) is 18.3 Å². The van der Waals surface area contributed by atoms with Gasteiger partial charge in [-0.2, -0.15) is 4.80 Å². The number of amides is 2. The first-order valence-corrected chi connectivity index (χ1v) is 12.8. The van der Waals surface area contributed by atoms with Gasteiger partial charge in [-0.15, -0.1) is 10.2 Å². The molecular formula is C28H36N6O4. The van der Waals surface area contributed by atoms with Crippen molar-refractivity contribution in [3.05, 3.63) is 59.7 Å². The van der Waals surface area contributed by atoms with E-state index in [9.17, 15) is 9.59 Å². The summed E-state index contributed by atoms with van der Waals surface area (Å²) in [5.74, 6) is 0.510. The van der Waals surface area contributed by atoms with Crippen LogP contribution in [0, 0.1) is 6.92 Å². The van der Waals surface area contributed by atoms with Crippen molar-refractivity contribution in [3.63, 3.8) is 0 Å². The number of ether oxygens (including phenoxy) is 2. The standard InChI is InChI=1S/C28H36N6O4/c1-19-8-10-21(11-9-19)26-30-32-34(31-26)18-24(35)33(17-23-7-6-16-38-23)25(27(36)29-28(2,3)4)20-12-14-22(37-5)15-13-20/h8-15,23,25H,6-7,16-18H2,1-5H3,(H,29,36)/t23-,25+/m1/s1. The zero-order valence-electron chi connectivity index (χ0n) is 22.7. The Bertz CT molecular complexity index is 1230. The summed E-state index contributed by atoms with van der Waals surface area (Å²) in [6.07, 6.45) is 1.58. The van der Waals surface area contributed by atoms with Crippen molar-refractivity contribution in [1.82, 2.24) is 30.4 Å². The van der Waals surface area contributed by atoms with Crippen LogP contribution < -0.4 is 10.1 Å². The summed E-state index contributed by atoms with van der Waals surface area (Å²) in [6, 6.07) is 14.1. The van der Waals surface area contributed by atoms with E-state index in [1.807, 2.05) is 64.1 Å². The molecule has 1 saturated heterocycles. The maximum atomic E-state index is 13.8. The third kappa shape index (κ3) is 6.95. The summed E-state index contributed by atoms with van der Waals surface area (Å²) < 4.78 is 11.2. The summed E-state index contributed by atoms with van der Waals surface area (Å²) in [5, 5.41) is 15.7. The van der Waals surface area contributed by atoms with Gasteiger partial charge in [-0.05, 0) is 63.4 Å². The molecule has 2 heterocycles.